The predicted molar refractivity (Wildman–Crippen MR) is 73.3 cm³/mol. The van der Waals surface area contributed by atoms with Crippen molar-refractivity contribution in [1.82, 2.24) is 14.1 Å². The number of aryl methyl sites for hydroxylation is 1. The van der Waals surface area contributed by atoms with Crippen molar-refractivity contribution in [1.29, 1.82) is 0 Å². The summed E-state index contributed by atoms with van der Waals surface area (Å²) < 4.78 is 3.29. The summed E-state index contributed by atoms with van der Waals surface area (Å²) in [5.74, 6) is 0. The van der Waals surface area contributed by atoms with E-state index in [1.54, 1.807) is 13.1 Å². The first-order chi connectivity index (χ1) is 9.16. The van der Waals surface area contributed by atoms with E-state index in [-0.39, 0.29) is 5.56 Å². The number of fused-ring (bicyclic) bond motifs is 1. The number of H-pyrrole nitrogens is 1. The monoisotopic (exact) mass is 255 g/mol. The van der Waals surface area contributed by atoms with Gasteiger partial charge >= 0.3 is 5.69 Å². The first kappa shape index (κ1) is 11.5. The minimum Gasteiger partial charge on any atom is -0.337 e. The Hall–Kier alpha value is -2.56. The van der Waals surface area contributed by atoms with E-state index in [0.29, 0.717) is 17.6 Å². The molecule has 5 heteroatoms. The third-order valence-electron chi connectivity index (χ3n) is 3.24. The van der Waals surface area contributed by atoms with E-state index in [2.05, 4.69) is 4.98 Å². The van der Waals surface area contributed by atoms with Crippen LogP contribution in [-0.2, 0) is 13.6 Å². The number of nitrogens with one attached hydrogen (secondary N) is 1. The summed E-state index contributed by atoms with van der Waals surface area (Å²) in [4.78, 5) is 25.8. The minimum absolute atomic E-state index is 0.348. The topological polar surface area (TPSA) is 59.8 Å². The predicted octanol–water partition coefficient (Wildman–Crippen LogP) is 1.08. The molecule has 1 aromatic carbocycles. The molecule has 96 valence electrons. The molecule has 0 bridgehead atoms. The number of benzene rings is 1. The van der Waals surface area contributed by atoms with E-state index in [1.807, 2.05) is 41.1 Å². The summed E-state index contributed by atoms with van der Waals surface area (Å²) in [5, 5.41) is 0. The highest BCUT2D eigenvalue weighted by Crippen LogP contribution is 2.11. The molecule has 0 saturated carbocycles. The van der Waals surface area contributed by atoms with Crippen LogP contribution >= 0.6 is 0 Å². The zero-order chi connectivity index (χ0) is 13.4. The van der Waals surface area contributed by atoms with Gasteiger partial charge in [-0.05, 0) is 11.6 Å². The maximum absolute atomic E-state index is 11.9. The van der Waals surface area contributed by atoms with Crippen LogP contribution in [0.5, 0.6) is 0 Å². The van der Waals surface area contributed by atoms with Crippen LogP contribution in [0.4, 0.5) is 0 Å². The molecule has 0 saturated heterocycles. The third kappa shape index (κ3) is 1.89. The summed E-state index contributed by atoms with van der Waals surface area (Å²) in [6.45, 7) is 0.603. The number of aromatic nitrogens is 3. The summed E-state index contributed by atoms with van der Waals surface area (Å²) in [6, 6.07) is 11.7. The number of hydrogen-bond acceptors (Lipinski definition) is 2. The quantitative estimate of drug-likeness (QED) is 0.744. The van der Waals surface area contributed by atoms with Crippen LogP contribution in [0.25, 0.3) is 11.0 Å². The summed E-state index contributed by atoms with van der Waals surface area (Å²) in [5.41, 5.74) is 1.53. The zero-order valence-electron chi connectivity index (χ0n) is 10.5. The van der Waals surface area contributed by atoms with E-state index in [9.17, 15) is 9.59 Å². The second-order valence-electron chi connectivity index (χ2n) is 4.48. The number of rotatable bonds is 2. The lowest BCUT2D eigenvalue weighted by atomic mass is 10.2. The molecule has 2 aromatic heterocycles. The van der Waals surface area contributed by atoms with Crippen molar-refractivity contribution in [3.63, 3.8) is 0 Å². The lowest BCUT2D eigenvalue weighted by molar-refractivity contribution is 0.807. The second kappa shape index (κ2) is 4.28. The molecule has 0 amide bonds. The standard InChI is InChI=1S/C14H13N3O2/c1-16-11-7-8-17(9-10-5-3-2-4-6-10)12(11)13(18)15-14(16)19/h2-8H,9H2,1H3,(H,15,18,19). The lowest BCUT2D eigenvalue weighted by Gasteiger charge is -2.05. The molecule has 0 fully saturated rings. The first-order valence-corrected chi connectivity index (χ1v) is 5.99. The number of hydrogen-bond donors (Lipinski definition) is 1. The molecule has 0 unspecified atom stereocenters. The summed E-state index contributed by atoms with van der Waals surface area (Å²) in [7, 11) is 1.65. The Morgan fingerprint density at radius 3 is 2.58 bits per heavy atom. The molecule has 0 aliphatic heterocycles. The van der Waals surface area contributed by atoms with Gasteiger partial charge in [0.25, 0.3) is 5.56 Å². The Morgan fingerprint density at radius 1 is 1.11 bits per heavy atom. The smallest absolute Gasteiger partial charge is 0.328 e. The highest BCUT2D eigenvalue weighted by atomic mass is 16.2. The number of nitrogens with zero attached hydrogens (tertiary/aromatic N) is 2. The van der Waals surface area contributed by atoms with E-state index in [1.165, 1.54) is 4.57 Å². The van der Waals surface area contributed by atoms with Crippen LogP contribution in [0.2, 0.25) is 0 Å². The fourth-order valence-corrected chi connectivity index (χ4v) is 2.24. The summed E-state index contributed by atoms with van der Waals surface area (Å²) >= 11 is 0. The molecule has 5 nitrogen and oxygen atoms in total. The van der Waals surface area contributed by atoms with Crippen molar-refractivity contribution in [2.75, 3.05) is 0 Å². The van der Waals surface area contributed by atoms with E-state index < -0.39 is 5.69 Å². The molecule has 3 rings (SSSR count). The molecule has 1 N–H and O–H groups in total. The average Bonchev–Trinajstić information content (AvgIpc) is 2.82. The van der Waals surface area contributed by atoms with Crippen LogP contribution in [0.15, 0.2) is 52.2 Å². The van der Waals surface area contributed by atoms with Crippen LogP contribution in [0.1, 0.15) is 5.56 Å². The van der Waals surface area contributed by atoms with Crippen LogP contribution in [-0.4, -0.2) is 14.1 Å². The third-order valence-corrected chi connectivity index (χ3v) is 3.24. The van der Waals surface area contributed by atoms with Crippen molar-refractivity contribution in [2.24, 2.45) is 7.05 Å². The van der Waals surface area contributed by atoms with Crippen molar-refractivity contribution < 1.29 is 0 Å². The maximum atomic E-state index is 11.9. The molecular formula is C14H13N3O2. The molecule has 2 heterocycles. The van der Waals surface area contributed by atoms with E-state index in [4.69, 9.17) is 0 Å². The zero-order valence-corrected chi connectivity index (χ0v) is 10.5. The Bertz CT molecular complexity index is 840. The lowest BCUT2D eigenvalue weighted by Crippen LogP contribution is -2.29. The van der Waals surface area contributed by atoms with Gasteiger partial charge in [-0.15, -0.1) is 0 Å². The fraction of sp³-hybridized carbons (Fsp3) is 0.143. The van der Waals surface area contributed by atoms with Gasteiger partial charge in [-0.3, -0.25) is 14.3 Å². The van der Waals surface area contributed by atoms with Crippen molar-refractivity contribution in [3.05, 3.63) is 69.0 Å². The van der Waals surface area contributed by atoms with Gasteiger partial charge in [0.05, 0.1) is 5.52 Å². The van der Waals surface area contributed by atoms with Gasteiger partial charge in [0.15, 0.2) is 0 Å². The van der Waals surface area contributed by atoms with Crippen LogP contribution < -0.4 is 11.2 Å². The average molecular weight is 255 g/mol. The SMILES string of the molecule is Cn1c(=O)[nH]c(=O)c2c1ccn2Cc1ccccc1. The van der Waals surface area contributed by atoms with Gasteiger partial charge < -0.3 is 4.57 Å². The van der Waals surface area contributed by atoms with Gasteiger partial charge in [-0.1, -0.05) is 30.3 Å². The molecule has 0 aliphatic rings. The van der Waals surface area contributed by atoms with Crippen molar-refractivity contribution in [2.45, 2.75) is 6.54 Å². The van der Waals surface area contributed by atoms with Gasteiger partial charge in [-0.2, -0.15) is 0 Å². The Kier molecular flexibility index (Phi) is 2.59. The van der Waals surface area contributed by atoms with Crippen molar-refractivity contribution >= 4 is 11.0 Å². The largest absolute Gasteiger partial charge is 0.337 e. The summed E-state index contributed by atoms with van der Waals surface area (Å²) in [6.07, 6.45) is 1.83. The molecular weight excluding hydrogens is 242 g/mol. The molecule has 0 spiro atoms. The Labute approximate surface area is 108 Å². The molecule has 3 aromatic rings. The van der Waals surface area contributed by atoms with Crippen LogP contribution in [0, 0.1) is 0 Å². The van der Waals surface area contributed by atoms with Gasteiger partial charge in [0.2, 0.25) is 0 Å². The first-order valence-electron chi connectivity index (χ1n) is 5.99. The second-order valence-corrected chi connectivity index (χ2v) is 4.48. The molecule has 0 radical (unpaired) electrons. The van der Waals surface area contributed by atoms with Gasteiger partial charge in [0, 0.05) is 19.8 Å². The van der Waals surface area contributed by atoms with Gasteiger partial charge in [-0.25, -0.2) is 4.79 Å². The molecule has 19 heavy (non-hydrogen) atoms. The number of aromatic amines is 1. The highest BCUT2D eigenvalue weighted by Gasteiger charge is 2.09. The van der Waals surface area contributed by atoms with Gasteiger partial charge in [0.1, 0.15) is 5.52 Å². The van der Waals surface area contributed by atoms with Crippen LogP contribution in [0.3, 0.4) is 0 Å². The minimum atomic E-state index is -0.394. The highest BCUT2D eigenvalue weighted by molar-refractivity contribution is 5.75. The maximum Gasteiger partial charge on any atom is 0.328 e. The normalized spacial score (nSPS) is 11.0. The van der Waals surface area contributed by atoms with E-state index >= 15 is 0 Å². The Balaban J connectivity index is 2.19. The molecule has 0 atom stereocenters. The fourth-order valence-electron chi connectivity index (χ4n) is 2.24. The molecule has 0 aliphatic carbocycles. The van der Waals surface area contributed by atoms with E-state index in [0.717, 1.165) is 5.56 Å². The Morgan fingerprint density at radius 2 is 1.84 bits per heavy atom. The van der Waals surface area contributed by atoms with Crippen molar-refractivity contribution in [3.8, 4) is 0 Å².